The lowest BCUT2D eigenvalue weighted by molar-refractivity contribution is 0.443. The highest BCUT2D eigenvalue weighted by Crippen LogP contribution is 2.05. The molecule has 0 bridgehead atoms. The minimum Gasteiger partial charge on any atom is -0.304 e. The molecule has 0 aromatic rings. The van der Waals surface area contributed by atoms with Gasteiger partial charge in [-0.1, -0.05) is 33.1 Å². The molecule has 0 fully saturated rings. The van der Waals surface area contributed by atoms with E-state index in [1.165, 1.54) is 0 Å². The van der Waals surface area contributed by atoms with Crippen molar-refractivity contribution in [2.24, 2.45) is 5.92 Å². The molecule has 0 heterocycles. The van der Waals surface area contributed by atoms with Crippen LogP contribution in [0.15, 0.2) is 0 Å². The summed E-state index contributed by atoms with van der Waals surface area (Å²) in [6, 6.07) is 0.259. The minimum atomic E-state index is 0.259. The monoisotopic (exact) mass is 139 g/mol. The number of nitrogens with one attached hydrogen (secondary N) is 1. The smallest absolute Gasteiger partial charge is 0.0712 e. The van der Waals surface area contributed by atoms with Crippen LogP contribution < -0.4 is 5.32 Å². The van der Waals surface area contributed by atoms with Gasteiger partial charge in [0.15, 0.2) is 0 Å². The fourth-order valence-corrected chi connectivity index (χ4v) is 0.880. The third-order valence-corrected chi connectivity index (χ3v) is 1.82. The molecule has 0 aliphatic heterocycles. The third-order valence-electron chi connectivity index (χ3n) is 1.82. The van der Waals surface area contributed by atoms with Gasteiger partial charge in [0.1, 0.15) is 0 Å². The maximum atomic E-state index is 5.32. The topological polar surface area (TPSA) is 12.0 Å². The van der Waals surface area contributed by atoms with Gasteiger partial charge < -0.3 is 5.32 Å². The molecule has 0 aliphatic rings. The second-order valence-corrected chi connectivity index (χ2v) is 2.59. The zero-order chi connectivity index (χ0) is 7.98. The Labute approximate surface area is 64.2 Å². The predicted molar refractivity (Wildman–Crippen MR) is 45.8 cm³/mol. The second-order valence-electron chi connectivity index (χ2n) is 2.59. The van der Waals surface area contributed by atoms with Gasteiger partial charge in [-0.15, -0.1) is 6.42 Å². The molecule has 0 aromatic heterocycles. The number of rotatable bonds is 4. The van der Waals surface area contributed by atoms with E-state index >= 15 is 0 Å². The van der Waals surface area contributed by atoms with Gasteiger partial charge >= 0.3 is 0 Å². The molecule has 2 unspecified atom stereocenters. The van der Waals surface area contributed by atoms with E-state index in [1.807, 2.05) is 0 Å². The van der Waals surface area contributed by atoms with Gasteiger partial charge in [-0.3, -0.25) is 0 Å². The molecule has 0 amide bonds. The highest BCUT2D eigenvalue weighted by Gasteiger charge is 2.09. The average Bonchev–Trinajstić information content (AvgIpc) is 1.99. The molecule has 10 heavy (non-hydrogen) atoms. The van der Waals surface area contributed by atoms with E-state index in [1.54, 1.807) is 0 Å². The van der Waals surface area contributed by atoms with Crippen molar-refractivity contribution in [3.8, 4) is 12.3 Å². The van der Waals surface area contributed by atoms with Crippen LogP contribution in [0.4, 0.5) is 0 Å². The maximum Gasteiger partial charge on any atom is 0.0712 e. The molecule has 0 saturated carbocycles. The van der Waals surface area contributed by atoms with Crippen LogP contribution in [0.5, 0.6) is 0 Å². The van der Waals surface area contributed by atoms with Crippen LogP contribution in [0.1, 0.15) is 27.2 Å². The van der Waals surface area contributed by atoms with Gasteiger partial charge in [0.05, 0.1) is 6.04 Å². The Balaban J connectivity index is 3.71. The summed E-state index contributed by atoms with van der Waals surface area (Å²) in [6.07, 6.45) is 6.46. The van der Waals surface area contributed by atoms with E-state index in [0.717, 1.165) is 13.0 Å². The molecule has 0 aromatic carbocycles. The van der Waals surface area contributed by atoms with Gasteiger partial charge in [-0.05, 0) is 12.5 Å². The molecule has 2 atom stereocenters. The second kappa shape index (κ2) is 5.32. The normalized spacial score (nSPS) is 15.8. The Morgan fingerprint density at radius 1 is 1.50 bits per heavy atom. The van der Waals surface area contributed by atoms with Crippen molar-refractivity contribution in [3.05, 3.63) is 0 Å². The van der Waals surface area contributed by atoms with Crippen LogP contribution in [-0.4, -0.2) is 12.6 Å². The van der Waals surface area contributed by atoms with Gasteiger partial charge in [-0.25, -0.2) is 0 Å². The summed E-state index contributed by atoms with van der Waals surface area (Å²) in [6.45, 7) is 7.37. The highest BCUT2D eigenvalue weighted by molar-refractivity contribution is 5.00. The third kappa shape index (κ3) is 2.89. The summed E-state index contributed by atoms with van der Waals surface area (Å²) in [4.78, 5) is 0. The van der Waals surface area contributed by atoms with E-state index in [2.05, 4.69) is 32.0 Å². The molecule has 0 aliphatic carbocycles. The van der Waals surface area contributed by atoms with Crippen LogP contribution in [0.25, 0.3) is 0 Å². The summed E-state index contributed by atoms with van der Waals surface area (Å²) >= 11 is 0. The quantitative estimate of drug-likeness (QED) is 0.584. The minimum absolute atomic E-state index is 0.259. The lowest BCUT2D eigenvalue weighted by Crippen LogP contribution is -2.32. The Hall–Kier alpha value is -0.480. The van der Waals surface area contributed by atoms with E-state index in [4.69, 9.17) is 6.42 Å². The standard InChI is InChI=1S/C9H17N/c1-5-8(4)9(6-2)10-7-3/h2,8-10H,5,7H2,1,3-4H3. The summed E-state index contributed by atoms with van der Waals surface area (Å²) in [5.41, 5.74) is 0. The highest BCUT2D eigenvalue weighted by atomic mass is 14.9. The van der Waals surface area contributed by atoms with Gasteiger partial charge in [0.25, 0.3) is 0 Å². The van der Waals surface area contributed by atoms with Gasteiger partial charge in [0, 0.05) is 0 Å². The molecule has 0 radical (unpaired) electrons. The van der Waals surface area contributed by atoms with E-state index in [-0.39, 0.29) is 6.04 Å². The largest absolute Gasteiger partial charge is 0.304 e. The SMILES string of the molecule is C#CC(NCC)C(C)CC. The molecule has 0 saturated heterocycles. The summed E-state index contributed by atoms with van der Waals surface area (Å²) in [5, 5.41) is 3.25. The summed E-state index contributed by atoms with van der Waals surface area (Å²) < 4.78 is 0. The Morgan fingerprint density at radius 2 is 2.10 bits per heavy atom. The van der Waals surface area contributed by atoms with Crippen molar-refractivity contribution in [3.63, 3.8) is 0 Å². The fourth-order valence-electron chi connectivity index (χ4n) is 0.880. The van der Waals surface area contributed by atoms with Gasteiger partial charge in [-0.2, -0.15) is 0 Å². The Morgan fingerprint density at radius 3 is 2.40 bits per heavy atom. The zero-order valence-electron chi connectivity index (χ0n) is 7.15. The molecule has 0 spiro atoms. The number of hydrogen-bond donors (Lipinski definition) is 1. The molecule has 1 N–H and O–H groups in total. The average molecular weight is 139 g/mol. The summed E-state index contributed by atoms with van der Waals surface area (Å²) in [7, 11) is 0. The molecule has 0 rings (SSSR count). The van der Waals surface area contributed by atoms with Crippen LogP contribution in [0, 0.1) is 18.3 Å². The molecule has 58 valence electrons. The first-order valence-electron chi connectivity index (χ1n) is 3.95. The fraction of sp³-hybridized carbons (Fsp3) is 0.778. The lowest BCUT2D eigenvalue weighted by Gasteiger charge is -2.17. The number of terminal acetylenes is 1. The first-order valence-corrected chi connectivity index (χ1v) is 3.95. The van der Waals surface area contributed by atoms with Crippen LogP contribution in [0.3, 0.4) is 0 Å². The van der Waals surface area contributed by atoms with E-state index in [0.29, 0.717) is 5.92 Å². The van der Waals surface area contributed by atoms with Crippen molar-refractivity contribution in [2.75, 3.05) is 6.54 Å². The van der Waals surface area contributed by atoms with Crippen LogP contribution in [0.2, 0.25) is 0 Å². The van der Waals surface area contributed by atoms with E-state index in [9.17, 15) is 0 Å². The zero-order valence-corrected chi connectivity index (χ0v) is 7.15. The first-order chi connectivity index (χ1) is 4.76. The van der Waals surface area contributed by atoms with Gasteiger partial charge in [0.2, 0.25) is 0 Å². The van der Waals surface area contributed by atoms with Crippen molar-refractivity contribution >= 4 is 0 Å². The Bertz CT molecular complexity index is 112. The maximum absolute atomic E-state index is 5.32. The molecular formula is C9H17N. The molecule has 1 heteroatoms. The Kier molecular flexibility index (Phi) is 5.06. The molecule has 1 nitrogen and oxygen atoms in total. The van der Waals surface area contributed by atoms with Crippen molar-refractivity contribution in [2.45, 2.75) is 33.2 Å². The molecular weight excluding hydrogens is 122 g/mol. The van der Waals surface area contributed by atoms with Crippen molar-refractivity contribution in [1.82, 2.24) is 5.32 Å². The number of hydrogen-bond acceptors (Lipinski definition) is 1. The van der Waals surface area contributed by atoms with Crippen molar-refractivity contribution in [1.29, 1.82) is 0 Å². The summed E-state index contributed by atoms with van der Waals surface area (Å²) in [5.74, 6) is 3.33. The predicted octanol–water partition coefficient (Wildman–Crippen LogP) is 1.64. The van der Waals surface area contributed by atoms with Crippen molar-refractivity contribution < 1.29 is 0 Å². The lowest BCUT2D eigenvalue weighted by atomic mass is 10.0. The van der Waals surface area contributed by atoms with E-state index < -0.39 is 0 Å². The first kappa shape index (κ1) is 9.52. The van der Waals surface area contributed by atoms with Crippen LogP contribution >= 0.6 is 0 Å². The van der Waals surface area contributed by atoms with Crippen LogP contribution in [-0.2, 0) is 0 Å².